The lowest BCUT2D eigenvalue weighted by Crippen LogP contribution is -2.15. The molecule has 0 unspecified atom stereocenters. The van der Waals surface area contributed by atoms with E-state index < -0.39 is 22.0 Å². The van der Waals surface area contributed by atoms with Gasteiger partial charge in [0.05, 0.1) is 31.0 Å². The Kier molecular flexibility index (Phi) is 4.77. The normalized spacial score (nSPS) is 11.2. The van der Waals surface area contributed by atoms with Gasteiger partial charge in [-0.25, -0.2) is 22.6 Å². The highest BCUT2D eigenvalue weighted by molar-refractivity contribution is 7.93. The molecule has 0 aliphatic heterocycles. The first-order valence-electron chi connectivity index (χ1n) is 7.41. The van der Waals surface area contributed by atoms with Gasteiger partial charge in [-0.1, -0.05) is 6.07 Å². The number of esters is 2. The van der Waals surface area contributed by atoms with Gasteiger partial charge in [0.2, 0.25) is 0 Å². The van der Waals surface area contributed by atoms with Gasteiger partial charge in [-0.2, -0.15) is 0 Å². The Hall–Kier alpha value is -3.47. The first-order valence-corrected chi connectivity index (χ1v) is 8.90. The van der Waals surface area contributed by atoms with Crippen molar-refractivity contribution in [3.8, 4) is 0 Å². The molecule has 10 nitrogen and oxygen atoms in total. The number of hydrogen-bond acceptors (Lipinski definition) is 9. The molecule has 0 aliphatic carbocycles. The summed E-state index contributed by atoms with van der Waals surface area (Å²) < 4.78 is 41.6. The van der Waals surface area contributed by atoms with Gasteiger partial charge in [0.1, 0.15) is 10.4 Å². The summed E-state index contributed by atoms with van der Waals surface area (Å²) in [5, 5.41) is 7.19. The van der Waals surface area contributed by atoms with Gasteiger partial charge in [-0.3, -0.25) is 4.72 Å². The lowest BCUT2D eigenvalue weighted by molar-refractivity contribution is 0.0599. The smallest absolute Gasteiger partial charge is 0.337 e. The molecule has 3 rings (SSSR count). The maximum absolute atomic E-state index is 12.8. The second kappa shape index (κ2) is 7.03. The van der Waals surface area contributed by atoms with Crippen molar-refractivity contribution >= 4 is 38.7 Å². The molecular formula is C16H13N3O7S. The number of anilines is 1. The largest absolute Gasteiger partial charge is 0.465 e. The van der Waals surface area contributed by atoms with Crippen LogP contribution in [0.2, 0.25) is 0 Å². The van der Waals surface area contributed by atoms with Crippen molar-refractivity contribution in [2.75, 3.05) is 18.9 Å². The van der Waals surface area contributed by atoms with E-state index in [2.05, 4.69) is 29.1 Å². The summed E-state index contributed by atoms with van der Waals surface area (Å²) in [6.45, 7) is 0. The van der Waals surface area contributed by atoms with Crippen LogP contribution in [0.4, 0.5) is 5.69 Å². The topological polar surface area (TPSA) is 138 Å². The molecule has 0 spiro atoms. The second-order valence-electron chi connectivity index (χ2n) is 5.28. The highest BCUT2D eigenvalue weighted by Crippen LogP contribution is 2.24. The van der Waals surface area contributed by atoms with Crippen molar-refractivity contribution in [3.63, 3.8) is 0 Å². The Morgan fingerprint density at radius 2 is 1.63 bits per heavy atom. The average Bonchev–Trinajstić information content (AvgIpc) is 3.14. The van der Waals surface area contributed by atoms with E-state index >= 15 is 0 Å². The quantitative estimate of drug-likeness (QED) is 0.643. The fourth-order valence-corrected chi connectivity index (χ4v) is 3.56. The molecule has 0 saturated heterocycles. The third kappa shape index (κ3) is 3.58. The zero-order valence-electron chi connectivity index (χ0n) is 14.1. The van der Waals surface area contributed by atoms with Crippen molar-refractivity contribution in [3.05, 3.63) is 47.5 Å². The minimum absolute atomic E-state index is 0.0283. The van der Waals surface area contributed by atoms with Gasteiger partial charge >= 0.3 is 11.9 Å². The summed E-state index contributed by atoms with van der Waals surface area (Å²) in [5.74, 6) is -1.49. The van der Waals surface area contributed by atoms with Crippen molar-refractivity contribution in [1.82, 2.24) is 10.3 Å². The van der Waals surface area contributed by atoms with Crippen LogP contribution >= 0.6 is 0 Å². The van der Waals surface area contributed by atoms with Crippen LogP contribution < -0.4 is 4.72 Å². The van der Waals surface area contributed by atoms with E-state index in [1.54, 1.807) is 0 Å². The van der Waals surface area contributed by atoms with E-state index in [0.29, 0.717) is 0 Å². The van der Waals surface area contributed by atoms with E-state index in [0.717, 1.165) is 14.2 Å². The zero-order chi connectivity index (χ0) is 19.6. The molecule has 2 aromatic carbocycles. The zero-order valence-corrected chi connectivity index (χ0v) is 14.9. The molecular weight excluding hydrogens is 378 g/mol. The van der Waals surface area contributed by atoms with E-state index in [1.165, 1.54) is 36.4 Å². The van der Waals surface area contributed by atoms with Crippen LogP contribution in [0.15, 0.2) is 45.9 Å². The molecule has 0 amide bonds. The van der Waals surface area contributed by atoms with Crippen LogP contribution in [0.5, 0.6) is 0 Å². The molecule has 1 heterocycles. The second-order valence-corrected chi connectivity index (χ2v) is 6.93. The molecule has 0 fully saturated rings. The predicted molar refractivity (Wildman–Crippen MR) is 91.7 cm³/mol. The molecule has 3 aromatic rings. The van der Waals surface area contributed by atoms with Gasteiger partial charge in [0.15, 0.2) is 5.52 Å². The van der Waals surface area contributed by atoms with Crippen LogP contribution in [0.25, 0.3) is 11.0 Å². The number of rotatable bonds is 5. The number of carbonyl (C=O) groups excluding carboxylic acids is 2. The van der Waals surface area contributed by atoms with Crippen molar-refractivity contribution in [2.45, 2.75) is 4.90 Å². The van der Waals surface area contributed by atoms with E-state index in [-0.39, 0.29) is 32.7 Å². The molecule has 0 saturated carbocycles. The van der Waals surface area contributed by atoms with E-state index in [1.807, 2.05) is 0 Å². The summed E-state index contributed by atoms with van der Waals surface area (Å²) >= 11 is 0. The number of benzene rings is 2. The van der Waals surface area contributed by atoms with Gasteiger partial charge in [0.25, 0.3) is 10.0 Å². The summed E-state index contributed by atoms with van der Waals surface area (Å²) in [7, 11) is -1.80. The fourth-order valence-electron chi connectivity index (χ4n) is 2.37. The van der Waals surface area contributed by atoms with Gasteiger partial charge < -0.3 is 9.47 Å². The minimum atomic E-state index is -4.12. The summed E-state index contributed by atoms with van der Waals surface area (Å²) in [6.07, 6.45) is 0. The SMILES string of the molecule is COC(=O)c1cc(NS(=O)(=O)c2cccc3nonc23)cc(C(=O)OC)c1. The highest BCUT2D eigenvalue weighted by atomic mass is 32.2. The first-order chi connectivity index (χ1) is 12.9. The molecule has 27 heavy (non-hydrogen) atoms. The average molecular weight is 391 g/mol. The third-order valence-corrected chi connectivity index (χ3v) is 4.98. The standard InChI is InChI=1S/C16H13N3O7S/c1-24-15(20)9-6-10(16(21)25-2)8-11(7-9)19-27(22,23)13-5-3-4-12-14(13)18-26-17-12/h3-8,19H,1-2H3. The predicted octanol–water partition coefficient (Wildman–Crippen LogP) is 1.60. The summed E-state index contributed by atoms with van der Waals surface area (Å²) in [5.41, 5.74) is 0.212. The van der Waals surface area contributed by atoms with Crippen molar-refractivity contribution in [2.24, 2.45) is 0 Å². The fraction of sp³-hybridized carbons (Fsp3) is 0.125. The number of ether oxygens (including phenoxy) is 2. The monoisotopic (exact) mass is 391 g/mol. The molecule has 0 radical (unpaired) electrons. The number of fused-ring (bicyclic) bond motifs is 1. The Morgan fingerprint density at radius 3 is 2.22 bits per heavy atom. The van der Waals surface area contributed by atoms with Crippen LogP contribution in [0.1, 0.15) is 20.7 Å². The maximum Gasteiger partial charge on any atom is 0.337 e. The number of sulfonamides is 1. The van der Waals surface area contributed by atoms with Gasteiger partial charge in [0, 0.05) is 0 Å². The van der Waals surface area contributed by atoms with Crippen molar-refractivity contribution < 1.29 is 32.1 Å². The van der Waals surface area contributed by atoms with Crippen LogP contribution in [0, 0.1) is 0 Å². The molecule has 0 bridgehead atoms. The van der Waals surface area contributed by atoms with Gasteiger partial charge in [-0.15, -0.1) is 0 Å². The molecule has 0 aliphatic rings. The lowest BCUT2D eigenvalue weighted by atomic mass is 10.1. The van der Waals surface area contributed by atoms with E-state index in [4.69, 9.17) is 0 Å². The van der Waals surface area contributed by atoms with Crippen LogP contribution in [-0.4, -0.2) is 44.9 Å². The Labute approximate surface area is 153 Å². The first kappa shape index (κ1) is 18.3. The number of methoxy groups -OCH3 is 2. The number of nitrogens with one attached hydrogen (secondary N) is 1. The molecule has 140 valence electrons. The molecule has 1 aromatic heterocycles. The Morgan fingerprint density at radius 1 is 1.00 bits per heavy atom. The Balaban J connectivity index is 2.07. The number of aromatic nitrogens is 2. The van der Waals surface area contributed by atoms with Crippen LogP contribution in [-0.2, 0) is 19.5 Å². The van der Waals surface area contributed by atoms with E-state index in [9.17, 15) is 18.0 Å². The molecule has 11 heteroatoms. The number of hydrogen-bond donors (Lipinski definition) is 1. The third-order valence-electron chi connectivity index (χ3n) is 3.57. The number of carbonyl (C=O) groups is 2. The summed E-state index contributed by atoms with van der Waals surface area (Å²) in [6, 6.07) is 8.04. The highest BCUT2D eigenvalue weighted by Gasteiger charge is 2.22. The van der Waals surface area contributed by atoms with Gasteiger partial charge in [-0.05, 0) is 40.6 Å². The lowest BCUT2D eigenvalue weighted by Gasteiger charge is -2.11. The maximum atomic E-state index is 12.8. The molecule has 1 N–H and O–H groups in total. The minimum Gasteiger partial charge on any atom is -0.465 e. The molecule has 0 atom stereocenters. The summed E-state index contributed by atoms with van der Waals surface area (Å²) in [4.78, 5) is 23.5. The Bertz CT molecular complexity index is 1100. The number of nitrogens with zero attached hydrogens (tertiary/aromatic N) is 2. The van der Waals surface area contributed by atoms with Crippen molar-refractivity contribution in [1.29, 1.82) is 0 Å². The van der Waals surface area contributed by atoms with Crippen LogP contribution in [0.3, 0.4) is 0 Å².